The van der Waals surface area contributed by atoms with Crippen LogP contribution < -0.4 is 15.4 Å². The van der Waals surface area contributed by atoms with Crippen LogP contribution in [0.4, 0.5) is 5.69 Å². The van der Waals surface area contributed by atoms with E-state index in [0.717, 1.165) is 71.8 Å². The number of primary amides is 1. The number of nitrogens with zero attached hydrogens (tertiary/aromatic N) is 5. The summed E-state index contributed by atoms with van der Waals surface area (Å²) < 4.78 is 10.1. The predicted molar refractivity (Wildman–Crippen MR) is 200 cm³/mol. The molecular weight excluding hydrogens is 671 g/mol. The molecule has 2 N–H and O–H groups in total. The minimum Gasteiger partial charge on any atom is -0.494 e. The van der Waals surface area contributed by atoms with Crippen LogP contribution in [0.2, 0.25) is 10.0 Å². The summed E-state index contributed by atoms with van der Waals surface area (Å²) in [7, 11) is 1.80. The number of amides is 2. The molecule has 4 heterocycles. The fourth-order valence-electron chi connectivity index (χ4n) is 7.67. The summed E-state index contributed by atoms with van der Waals surface area (Å²) in [6, 6.07) is 15.2. The van der Waals surface area contributed by atoms with Gasteiger partial charge in [-0.2, -0.15) is 0 Å². The number of halogens is 2. The monoisotopic (exact) mass is 708 g/mol. The lowest BCUT2D eigenvalue weighted by molar-refractivity contribution is 0.0957. The van der Waals surface area contributed by atoms with Gasteiger partial charge in [0.05, 0.1) is 28.4 Å². The first-order valence-electron chi connectivity index (χ1n) is 16.6. The Morgan fingerprint density at radius 2 is 1.66 bits per heavy atom. The van der Waals surface area contributed by atoms with E-state index in [1.54, 1.807) is 22.8 Å². The van der Waals surface area contributed by atoms with Crippen LogP contribution in [0.1, 0.15) is 68.4 Å². The van der Waals surface area contributed by atoms with E-state index >= 15 is 4.79 Å². The maximum Gasteiger partial charge on any atom is 0.275 e. The molecule has 7 rings (SSSR count). The number of hydrogen-bond acceptors (Lipinski definition) is 5. The number of nitrogens with two attached hydrogens (primary N) is 1. The molecule has 0 saturated heterocycles. The van der Waals surface area contributed by atoms with Gasteiger partial charge in [0.1, 0.15) is 23.5 Å². The molecule has 0 unspecified atom stereocenters. The van der Waals surface area contributed by atoms with Crippen molar-refractivity contribution in [2.45, 2.75) is 53.5 Å². The van der Waals surface area contributed by atoms with Crippen molar-refractivity contribution in [3.63, 3.8) is 0 Å². The molecule has 0 radical (unpaired) electrons. The van der Waals surface area contributed by atoms with Crippen molar-refractivity contribution in [2.75, 3.05) is 18.1 Å². The number of rotatable bonds is 8. The normalized spacial score (nSPS) is 14.5. The molecule has 11 heteroatoms. The highest BCUT2D eigenvalue weighted by molar-refractivity contribution is 6.35. The Balaban J connectivity index is 1.40. The van der Waals surface area contributed by atoms with Gasteiger partial charge < -0.3 is 24.5 Å². The number of ether oxygens (including phenoxy) is 1. The number of hydrogen-bond donors (Lipinski definition) is 1. The van der Waals surface area contributed by atoms with Crippen LogP contribution in [0.3, 0.4) is 0 Å². The lowest BCUT2D eigenvalue weighted by Gasteiger charge is -2.34. The van der Waals surface area contributed by atoms with Crippen LogP contribution in [-0.4, -0.2) is 44.1 Å². The molecule has 0 fully saturated rings. The summed E-state index contributed by atoms with van der Waals surface area (Å²) in [6.07, 6.45) is 2.74. The van der Waals surface area contributed by atoms with Gasteiger partial charge in [-0.1, -0.05) is 47.5 Å². The van der Waals surface area contributed by atoms with Crippen LogP contribution in [-0.2, 0) is 13.5 Å². The van der Waals surface area contributed by atoms with Crippen LogP contribution in [0, 0.1) is 27.7 Å². The summed E-state index contributed by atoms with van der Waals surface area (Å²) in [5, 5.41) is 2.99. The Hall–Kier alpha value is -4.86. The van der Waals surface area contributed by atoms with E-state index in [1.165, 1.54) is 0 Å². The van der Waals surface area contributed by atoms with E-state index in [2.05, 4.69) is 21.5 Å². The lowest BCUT2D eigenvalue weighted by Crippen LogP contribution is -2.43. The zero-order valence-corrected chi connectivity index (χ0v) is 30.4. The molecule has 1 aliphatic heterocycles. The Morgan fingerprint density at radius 1 is 0.980 bits per heavy atom. The SMILES string of the molecule is Cc1cc(OCCCc2c3n(c4c(-c5c(C)ncnc5C)c(Cl)ccc24)[C@H](C)CN(c2c(C(N)=O)n(C)c4ccccc24)C3=O)cc(C)c1Cl. The van der Waals surface area contributed by atoms with Gasteiger partial charge in [0.25, 0.3) is 11.8 Å². The van der Waals surface area contributed by atoms with Gasteiger partial charge in [0, 0.05) is 57.9 Å². The predicted octanol–water partition coefficient (Wildman–Crippen LogP) is 8.46. The second-order valence-corrected chi connectivity index (χ2v) is 13.9. The first-order valence-corrected chi connectivity index (χ1v) is 17.4. The zero-order valence-electron chi connectivity index (χ0n) is 28.9. The maximum absolute atomic E-state index is 15.1. The summed E-state index contributed by atoms with van der Waals surface area (Å²) >= 11 is 13.4. The number of aromatic nitrogens is 4. The van der Waals surface area contributed by atoms with Crippen molar-refractivity contribution < 1.29 is 14.3 Å². The molecule has 3 aromatic heterocycles. The molecule has 3 aromatic carbocycles. The lowest BCUT2D eigenvalue weighted by atomic mass is 9.97. The fourth-order valence-corrected chi connectivity index (χ4v) is 8.03. The minimum atomic E-state index is -0.598. The number of carbonyl (C=O) groups excluding carboxylic acids is 2. The Labute approximate surface area is 300 Å². The van der Waals surface area contributed by atoms with Crippen LogP contribution >= 0.6 is 23.2 Å². The topological polar surface area (TPSA) is 108 Å². The molecule has 0 aliphatic carbocycles. The standard InChI is InChI=1S/C39H38Cl2N6O3/c1-20-16-25(17-21(2)33(20)41)50-15-9-11-26-27-13-14-29(40)32(31-23(4)43-19-44-24(31)5)34(27)47-22(3)18-46(39(49)36(26)47)35-28-10-7-8-12-30(28)45(6)37(35)38(42)48/h7-8,10,12-14,16-17,19,22H,9,11,15,18H2,1-6H3,(H2,42,48)/t22-/m1/s1. The van der Waals surface area contributed by atoms with Gasteiger partial charge in [0.15, 0.2) is 0 Å². The second kappa shape index (κ2) is 12.8. The van der Waals surface area contributed by atoms with Gasteiger partial charge in [-0.05, 0) is 88.4 Å². The van der Waals surface area contributed by atoms with Crippen molar-refractivity contribution in [1.29, 1.82) is 0 Å². The van der Waals surface area contributed by atoms with Crippen molar-refractivity contribution >= 4 is 62.5 Å². The Morgan fingerprint density at radius 3 is 2.34 bits per heavy atom. The largest absolute Gasteiger partial charge is 0.494 e. The highest BCUT2D eigenvalue weighted by Gasteiger charge is 2.39. The number of benzene rings is 3. The van der Waals surface area contributed by atoms with E-state index < -0.39 is 5.91 Å². The first-order chi connectivity index (χ1) is 23.9. The number of anilines is 1. The van der Waals surface area contributed by atoms with Gasteiger partial charge in [0.2, 0.25) is 0 Å². The highest BCUT2D eigenvalue weighted by Crippen LogP contribution is 2.46. The van der Waals surface area contributed by atoms with Crippen molar-refractivity contribution in [2.24, 2.45) is 12.8 Å². The first kappa shape index (κ1) is 33.6. The van der Waals surface area contributed by atoms with Gasteiger partial charge in [-0.25, -0.2) is 9.97 Å². The number of carbonyl (C=O) groups is 2. The van der Waals surface area contributed by atoms with E-state index in [-0.39, 0.29) is 17.6 Å². The third-order valence-corrected chi connectivity index (χ3v) is 10.8. The smallest absolute Gasteiger partial charge is 0.275 e. The third-order valence-electron chi connectivity index (χ3n) is 9.86. The molecule has 0 saturated carbocycles. The molecule has 6 aromatic rings. The Bertz CT molecular complexity index is 2330. The molecule has 1 atom stereocenters. The summed E-state index contributed by atoms with van der Waals surface area (Å²) in [5.74, 6) is -0.0552. The fraction of sp³-hybridized carbons (Fsp3) is 0.282. The number of fused-ring (bicyclic) bond motifs is 4. The van der Waals surface area contributed by atoms with Gasteiger partial charge in [-0.3, -0.25) is 9.59 Å². The highest BCUT2D eigenvalue weighted by atomic mass is 35.5. The molecule has 256 valence electrons. The van der Waals surface area contributed by atoms with Crippen LogP contribution in [0.15, 0.2) is 54.9 Å². The van der Waals surface area contributed by atoms with Crippen molar-refractivity contribution in [3.05, 3.63) is 104 Å². The summed E-state index contributed by atoms with van der Waals surface area (Å²) in [5.41, 5.74) is 15.1. The maximum atomic E-state index is 15.1. The van der Waals surface area contributed by atoms with Crippen molar-refractivity contribution in [1.82, 2.24) is 19.1 Å². The zero-order chi connectivity index (χ0) is 35.6. The minimum absolute atomic E-state index is 0.197. The molecule has 0 spiro atoms. The van der Waals surface area contributed by atoms with E-state index in [0.29, 0.717) is 42.4 Å². The van der Waals surface area contributed by atoms with Gasteiger partial charge in [-0.15, -0.1) is 0 Å². The van der Waals surface area contributed by atoms with E-state index in [9.17, 15) is 4.79 Å². The molecule has 0 bridgehead atoms. The molecule has 50 heavy (non-hydrogen) atoms. The average Bonchev–Trinajstić information content (AvgIpc) is 3.57. The average molecular weight is 710 g/mol. The summed E-state index contributed by atoms with van der Waals surface area (Å²) in [6.45, 7) is 10.6. The van der Waals surface area contributed by atoms with Crippen LogP contribution in [0.25, 0.3) is 32.9 Å². The number of aryl methyl sites for hydroxylation is 6. The number of para-hydroxylation sites is 1. The summed E-state index contributed by atoms with van der Waals surface area (Å²) in [4.78, 5) is 38.8. The van der Waals surface area contributed by atoms with E-state index in [1.807, 2.05) is 76.2 Å². The quantitative estimate of drug-likeness (QED) is 0.160. The van der Waals surface area contributed by atoms with Gasteiger partial charge >= 0.3 is 0 Å². The molecule has 9 nitrogen and oxygen atoms in total. The van der Waals surface area contributed by atoms with Crippen molar-refractivity contribution in [3.8, 4) is 16.9 Å². The Kier molecular flexibility index (Phi) is 8.60. The molecular formula is C39H38Cl2N6O3. The second-order valence-electron chi connectivity index (χ2n) is 13.2. The molecule has 1 aliphatic rings. The van der Waals surface area contributed by atoms with Crippen LogP contribution in [0.5, 0.6) is 5.75 Å². The van der Waals surface area contributed by atoms with E-state index in [4.69, 9.17) is 33.7 Å². The molecule has 2 amide bonds. The third kappa shape index (κ3) is 5.31.